The third-order valence-corrected chi connectivity index (χ3v) is 4.94. The van der Waals surface area contributed by atoms with Gasteiger partial charge in [0, 0.05) is 17.3 Å². The van der Waals surface area contributed by atoms with Gasteiger partial charge in [-0.2, -0.15) is 5.26 Å². The van der Waals surface area contributed by atoms with E-state index in [2.05, 4.69) is 11.1 Å². The molecule has 4 nitrogen and oxygen atoms in total. The Labute approximate surface area is 176 Å². The van der Waals surface area contributed by atoms with E-state index in [0.29, 0.717) is 5.56 Å². The van der Waals surface area contributed by atoms with Gasteiger partial charge in [0.1, 0.15) is 23.3 Å². The predicted octanol–water partition coefficient (Wildman–Crippen LogP) is 6.40. The maximum atomic E-state index is 9.84. The van der Waals surface area contributed by atoms with E-state index in [-0.39, 0.29) is 0 Å². The Morgan fingerprint density at radius 1 is 0.767 bits per heavy atom. The van der Waals surface area contributed by atoms with E-state index in [4.69, 9.17) is 9.47 Å². The quantitative estimate of drug-likeness (QED) is 0.394. The lowest BCUT2D eigenvalue weighted by Gasteiger charge is -2.12. The SMILES string of the molecule is COc1ccc(-c2ncc(-c3ccc(Oc4ccccc4)cc3)c(C#N)c2C)cc1. The van der Waals surface area contributed by atoms with Gasteiger partial charge in [0.05, 0.1) is 18.4 Å². The molecule has 30 heavy (non-hydrogen) atoms. The Morgan fingerprint density at radius 2 is 1.37 bits per heavy atom. The summed E-state index contributed by atoms with van der Waals surface area (Å²) in [7, 11) is 1.64. The van der Waals surface area contributed by atoms with Crippen molar-refractivity contribution in [1.29, 1.82) is 5.26 Å². The number of para-hydroxylation sites is 1. The Balaban J connectivity index is 1.65. The standard InChI is InChI=1S/C26H20N2O2/c1-18-24(16-27)25(17-28-26(18)20-10-12-21(29-2)13-11-20)19-8-14-23(15-9-19)30-22-6-4-3-5-7-22/h3-15,17H,1-2H3. The molecule has 4 heteroatoms. The van der Waals surface area contributed by atoms with Gasteiger partial charge in [-0.3, -0.25) is 4.98 Å². The zero-order chi connectivity index (χ0) is 20.9. The zero-order valence-corrected chi connectivity index (χ0v) is 16.8. The van der Waals surface area contributed by atoms with Gasteiger partial charge >= 0.3 is 0 Å². The molecule has 0 radical (unpaired) electrons. The maximum Gasteiger partial charge on any atom is 0.127 e. The van der Waals surface area contributed by atoms with E-state index < -0.39 is 0 Å². The molecule has 4 rings (SSSR count). The van der Waals surface area contributed by atoms with Gasteiger partial charge in [-0.1, -0.05) is 30.3 Å². The minimum Gasteiger partial charge on any atom is -0.497 e. The molecule has 146 valence electrons. The summed E-state index contributed by atoms with van der Waals surface area (Å²) >= 11 is 0. The lowest BCUT2D eigenvalue weighted by Crippen LogP contribution is -1.96. The normalized spacial score (nSPS) is 10.3. The summed E-state index contributed by atoms with van der Waals surface area (Å²) in [4.78, 5) is 4.66. The molecule has 1 heterocycles. The summed E-state index contributed by atoms with van der Waals surface area (Å²) in [6.45, 7) is 1.93. The molecule has 0 unspecified atom stereocenters. The summed E-state index contributed by atoms with van der Waals surface area (Å²) in [6, 6.07) is 27.4. The largest absolute Gasteiger partial charge is 0.497 e. The van der Waals surface area contributed by atoms with Gasteiger partial charge in [0.2, 0.25) is 0 Å². The average molecular weight is 392 g/mol. The van der Waals surface area contributed by atoms with Crippen LogP contribution in [0.3, 0.4) is 0 Å². The van der Waals surface area contributed by atoms with Crippen LogP contribution in [0.1, 0.15) is 11.1 Å². The molecular weight excluding hydrogens is 372 g/mol. The number of nitriles is 1. The molecule has 0 aliphatic carbocycles. The molecule has 0 N–H and O–H groups in total. The highest BCUT2D eigenvalue weighted by Crippen LogP contribution is 2.32. The van der Waals surface area contributed by atoms with Crippen LogP contribution in [0, 0.1) is 18.3 Å². The molecule has 1 aromatic heterocycles. The van der Waals surface area contributed by atoms with Gasteiger partial charge in [-0.05, 0) is 66.6 Å². The summed E-state index contributed by atoms with van der Waals surface area (Å²) < 4.78 is 11.1. The molecule has 4 aromatic rings. The highest BCUT2D eigenvalue weighted by atomic mass is 16.5. The van der Waals surface area contributed by atoms with E-state index in [1.807, 2.05) is 85.8 Å². The van der Waals surface area contributed by atoms with E-state index >= 15 is 0 Å². The van der Waals surface area contributed by atoms with E-state index in [9.17, 15) is 5.26 Å². The molecule has 0 bridgehead atoms. The van der Waals surface area contributed by atoms with Crippen LogP contribution >= 0.6 is 0 Å². The van der Waals surface area contributed by atoms with Crippen LogP contribution in [0.25, 0.3) is 22.4 Å². The van der Waals surface area contributed by atoms with Crippen LogP contribution in [0.2, 0.25) is 0 Å². The maximum absolute atomic E-state index is 9.84. The molecule has 0 spiro atoms. The number of benzene rings is 3. The highest BCUT2D eigenvalue weighted by Gasteiger charge is 2.14. The van der Waals surface area contributed by atoms with Crippen molar-refractivity contribution in [2.75, 3.05) is 7.11 Å². The van der Waals surface area contributed by atoms with Gasteiger partial charge in [-0.25, -0.2) is 0 Å². The van der Waals surface area contributed by atoms with Crippen molar-refractivity contribution in [3.63, 3.8) is 0 Å². The lowest BCUT2D eigenvalue weighted by atomic mass is 9.95. The Kier molecular flexibility index (Phi) is 5.45. The summed E-state index contributed by atoms with van der Waals surface area (Å²) in [5.74, 6) is 2.30. The van der Waals surface area contributed by atoms with Crippen LogP contribution in [-0.2, 0) is 0 Å². The van der Waals surface area contributed by atoms with Crippen molar-refractivity contribution in [2.24, 2.45) is 0 Å². The highest BCUT2D eigenvalue weighted by molar-refractivity contribution is 5.77. The molecule has 0 saturated carbocycles. The van der Waals surface area contributed by atoms with Gasteiger partial charge in [0.15, 0.2) is 0 Å². The van der Waals surface area contributed by atoms with Crippen LogP contribution in [0.4, 0.5) is 0 Å². The fourth-order valence-electron chi connectivity index (χ4n) is 3.34. The third-order valence-electron chi connectivity index (χ3n) is 4.94. The number of hydrogen-bond acceptors (Lipinski definition) is 4. The molecular formula is C26H20N2O2. The number of ether oxygens (including phenoxy) is 2. The van der Waals surface area contributed by atoms with Crippen LogP contribution in [0.15, 0.2) is 85.1 Å². The van der Waals surface area contributed by atoms with Crippen LogP contribution in [-0.4, -0.2) is 12.1 Å². The first-order valence-electron chi connectivity index (χ1n) is 9.57. The molecule has 0 fully saturated rings. The molecule has 0 amide bonds. The number of rotatable bonds is 5. The van der Waals surface area contributed by atoms with Crippen molar-refractivity contribution in [3.8, 4) is 45.7 Å². The second kappa shape index (κ2) is 8.50. The first-order chi connectivity index (χ1) is 14.7. The number of nitrogens with zero attached hydrogens (tertiary/aromatic N) is 2. The van der Waals surface area contributed by atoms with Crippen LogP contribution in [0.5, 0.6) is 17.2 Å². The predicted molar refractivity (Wildman–Crippen MR) is 118 cm³/mol. The van der Waals surface area contributed by atoms with E-state index in [1.54, 1.807) is 13.3 Å². The second-order valence-electron chi connectivity index (χ2n) is 6.80. The second-order valence-corrected chi connectivity index (χ2v) is 6.80. The topological polar surface area (TPSA) is 55.1 Å². The van der Waals surface area contributed by atoms with Gasteiger partial charge in [0.25, 0.3) is 0 Å². The van der Waals surface area contributed by atoms with E-state index in [0.717, 1.165) is 45.2 Å². The number of pyridine rings is 1. The molecule has 3 aromatic carbocycles. The van der Waals surface area contributed by atoms with Crippen molar-refractivity contribution in [1.82, 2.24) is 4.98 Å². The number of aromatic nitrogens is 1. The van der Waals surface area contributed by atoms with Crippen molar-refractivity contribution < 1.29 is 9.47 Å². The Bertz CT molecular complexity index is 1190. The molecule has 0 saturated heterocycles. The van der Waals surface area contributed by atoms with Crippen LogP contribution < -0.4 is 9.47 Å². The van der Waals surface area contributed by atoms with Gasteiger partial charge < -0.3 is 9.47 Å². The summed E-state index contributed by atoms with van der Waals surface area (Å²) in [6.07, 6.45) is 1.76. The number of hydrogen-bond donors (Lipinski definition) is 0. The van der Waals surface area contributed by atoms with E-state index in [1.165, 1.54) is 0 Å². The zero-order valence-electron chi connectivity index (χ0n) is 16.8. The summed E-state index contributed by atoms with van der Waals surface area (Å²) in [5.41, 5.74) is 4.93. The summed E-state index contributed by atoms with van der Waals surface area (Å²) in [5, 5.41) is 9.84. The number of methoxy groups -OCH3 is 1. The van der Waals surface area contributed by atoms with Crippen molar-refractivity contribution >= 4 is 0 Å². The Hall–Kier alpha value is -4.10. The molecule has 0 aliphatic rings. The monoisotopic (exact) mass is 392 g/mol. The first-order valence-corrected chi connectivity index (χ1v) is 9.57. The fraction of sp³-hybridized carbons (Fsp3) is 0.0769. The first kappa shape index (κ1) is 19.2. The smallest absolute Gasteiger partial charge is 0.127 e. The van der Waals surface area contributed by atoms with Crippen molar-refractivity contribution in [2.45, 2.75) is 6.92 Å². The fourth-order valence-corrected chi connectivity index (χ4v) is 3.34. The minimum atomic E-state index is 0.618. The third kappa shape index (κ3) is 3.87. The molecule has 0 aliphatic heterocycles. The Morgan fingerprint density at radius 3 is 2.00 bits per heavy atom. The molecule has 0 atom stereocenters. The lowest BCUT2D eigenvalue weighted by molar-refractivity contribution is 0.415. The van der Waals surface area contributed by atoms with Gasteiger partial charge in [-0.15, -0.1) is 0 Å². The minimum absolute atomic E-state index is 0.618. The average Bonchev–Trinajstić information content (AvgIpc) is 2.80. The van der Waals surface area contributed by atoms with Crippen molar-refractivity contribution in [3.05, 3.63) is 96.2 Å².